The molecular formula is C41H32N2. The molecule has 0 heterocycles. The molecule has 0 unspecified atom stereocenters. The Balaban J connectivity index is 1.43. The summed E-state index contributed by atoms with van der Waals surface area (Å²) >= 11 is 0. The van der Waals surface area contributed by atoms with Crippen molar-refractivity contribution >= 4 is 38.4 Å². The third-order valence-corrected chi connectivity index (χ3v) is 8.40. The molecule has 0 amide bonds. The van der Waals surface area contributed by atoms with Crippen LogP contribution in [0.5, 0.6) is 0 Å². The summed E-state index contributed by atoms with van der Waals surface area (Å²) in [6.45, 7) is 0. The Morgan fingerprint density at radius 1 is 0.721 bits per heavy atom. The SMILES string of the molecule is N=C1C=C(c2ccc(Cc3ccc4ccccc4c3)c(/C(=C3/C=CC=CC3)c3ccc4ccccc4c3)c2)C=C/C1=C\N. The number of fused-ring (bicyclic) bond motifs is 2. The Labute approximate surface area is 252 Å². The molecule has 0 aliphatic heterocycles. The highest BCUT2D eigenvalue weighted by Gasteiger charge is 2.18. The Kier molecular flexibility index (Phi) is 7.02. The van der Waals surface area contributed by atoms with Crippen molar-refractivity contribution < 1.29 is 0 Å². The number of benzene rings is 5. The average Bonchev–Trinajstić information content (AvgIpc) is 3.06. The second kappa shape index (κ2) is 11.4. The topological polar surface area (TPSA) is 49.9 Å². The summed E-state index contributed by atoms with van der Waals surface area (Å²) in [7, 11) is 0. The molecule has 2 aliphatic carbocycles. The van der Waals surface area contributed by atoms with Gasteiger partial charge in [0, 0.05) is 11.8 Å². The van der Waals surface area contributed by atoms with E-state index >= 15 is 0 Å². The zero-order valence-corrected chi connectivity index (χ0v) is 23.9. The lowest BCUT2D eigenvalue weighted by atomic mass is 9.83. The van der Waals surface area contributed by atoms with E-state index in [1.54, 1.807) is 0 Å². The van der Waals surface area contributed by atoms with Gasteiger partial charge < -0.3 is 11.1 Å². The molecule has 0 saturated carbocycles. The second-order valence-electron chi connectivity index (χ2n) is 11.2. The van der Waals surface area contributed by atoms with Gasteiger partial charge in [-0.2, -0.15) is 0 Å². The van der Waals surface area contributed by atoms with Gasteiger partial charge in [-0.15, -0.1) is 0 Å². The van der Waals surface area contributed by atoms with E-state index in [9.17, 15) is 0 Å². The van der Waals surface area contributed by atoms with Gasteiger partial charge >= 0.3 is 0 Å². The van der Waals surface area contributed by atoms with E-state index in [1.807, 2.05) is 12.2 Å². The molecule has 5 aromatic carbocycles. The predicted molar refractivity (Wildman–Crippen MR) is 183 cm³/mol. The molecular weight excluding hydrogens is 520 g/mol. The zero-order valence-electron chi connectivity index (χ0n) is 23.9. The highest BCUT2D eigenvalue weighted by atomic mass is 14.5. The summed E-state index contributed by atoms with van der Waals surface area (Å²) in [5, 5.41) is 13.5. The van der Waals surface area contributed by atoms with Crippen molar-refractivity contribution in [2.75, 3.05) is 0 Å². The van der Waals surface area contributed by atoms with Gasteiger partial charge in [0.15, 0.2) is 0 Å². The van der Waals surface area contributed by atoms with Crippen LogP contribution in [0.4, 0.5) is 0 Å². The molecule has 206 valence electrons. The van der Waals surface area contributed by atoms with Crippen LogP contribution in [-0.2, 0) is 6.42 Å². The number of nitrogens with one attached hydrogen (secondary N) is 1. The van der Waals surface area contributed by atoms with Gasteiger partial charge in [0.2, 0.25) is 0 Å². The van der Waals surface area contributed by atoms with Crippen molar-refractivity contribution in [3.8, 4) is 0 Å². The van der Waals surface area contributed by atoms with Crippen LogP contribution in [0.3, 0.4) is 0 Å². The Hall–Kier alpha value is -5.47. The first-order valence-corrected chi connectivity index (χ1v) is 14.7. The van der Waals surface area contributed by atoms with Crippen molar-refractivity contribution in [1.29, 1.82) is 5.41 Å². The molecule has 0 aromatic heterocycles. The van der Waals surface area contributed by atoms with Gasteiger partial charge in [-0.05, 0) is 97.1 Å². The minimum Gasteiger partial charge on any atom is -0.404 e. The predicted octanol–water partition coefficient (Wildman–Crippen LogP) is 9.72. The summed E-state index contributed by atoms with van der Waals surface area (Å²) in [6, 6.07) is 37.5. The lowest BCUT2D eigenvalue weighted by Crippen LogP contribution is -2.05. The number of rotatable bonds is 5. The fourth-order valence-corrected chi connectivity index (χ4v) is 6.15. The summed E-state index contributed by atoms with van der Waals surface area (Å²) < 4.78 is 0. The van der Waals surface area contributed by atoms with Gasteiger partial charge in [0.1, 0.15) is 0 Å². The second-order valence-corrected chi connectivity index (χ2v) is 11.2. The Bertz CT molecular complexity index is 2100. The molecule has 3 N–H and O–H groups in total. The highest BCUT2D eigenvalue weighted by molar-refractivity contribution is 6.15. The van der Waals surface area contributed by atoms with E-state index in [-0.39, 0.29) is 0 Å². The third kappa shape index (κ3) is 5.31. The van der Waals surface area contributed by atoms with E-state index < -0.39 is 0 Å². The first kappa shape index (κ1) is 26.4. The molecule has 0 saturated heterocycles. The molecule has 0 fully saturated rings. The summed E-state index contributed by atoms with van der Waals surface area (Å²) in [5.74, 6) is 0. The first-order chi connectivity index (χ1) is 21.2. The Morgan fingerprint density at radius 2 is 1.47 bits per heavy atom. The van der Waals surface area contributed by atoms with Crippen LogP contribution < -0.4 is 5.73 Å². The molecule has 5 aromatic rings. The molecule has 7 rings (SSSR count). The van der Waals surface area contributed by atoms with E-state index in [1.165, 1.54) is 61.1 Å². The van der Waals surface area contributed by atoms with E-state index in [0.717, 1.165) is 29.6 Å². The van der Waals surface area contributed by atoms with Crippen molar-refractivity contribution in [1.82, 2.24) is 0 Å². The van der Waals surface area contributed by atoms with Crippen molar-refractivity contribution in [2.24, 2.45) is 5.73 Å². The molecule has 0 atom stereocenters. The Morgan fingerprint density at radius 3 is 2.19 bits per heavy atom. The monoisotopic (exact) mass is 552 g/mol. The smallest absolute Gasteiger partial charge is 0.0632 e. The first-order valence-electron chi connectivity index (χ1n) is 14.7. The molecule has 0 spiro atoms. The van der Waals surface area contributed by atoms with Gasteiger partial charge in [0.05, 0.1) is 5.71 Å². The maximum atomic E-state index is 8.49. The van der Waals surface area contributed by atoms with Crippen LogP contribution in [0, 0.1) is 5.41 Å². The summed E-state index contributed by atoms with van der Waals surface area (Å²) in [5.41, 5.74) is 16.5. The third-order valence-electron chi connectivity index (χ3n) is 8.40. The van der Waals surface area contributed by atoms with E-state index in [4.69, 9.17) is 11.1 Å². The van der Waals surface area contributed by atoms with Crippen LogP contribution >= 0.6 is 0 Å². The number of hydrogen-bond acceptors (Lipinski definition) is 2. The molecule has 0 radical (unpaired) electrons. The molecule has 2 nitrogen and oxygen atoms in total. The average molecular weight is 553 g/mol. The van der Waals surface area contributed by atoms with Crippen molar-refractivity contribution in [2.45, 2.75) is 12.8 Å². The van der Waals surface area contributed by atoms with Gasteiger partial charge in [0.25, 0.3) is 0 Å². The van der Waals surface area contributed by atoms with Crippen LogP contribution in [0.2, 0.25) is 0 Å². The summed E-state index contributed by atoms with van der Waals surface area (Å²) in [6.07, 6.45) is 17.8. The van der Waals surface area contributed by atoms with Crippen LogP contribution in [-0.4, -0.2) is 5.71 Å². The van der Waals surface area contributed by atoms with Crippen molar-refractivity contribution in [3.63, 3.8) is 0 Å². The lowest BCUT2D eigenvalue weighted by Gasteiger charge is -2.21. The zero-order chi connectivity index (χ0) is 29.2. The molecule has 43 heavy (non-hydrogen) atoms. The van der Waals surface area contributed by atoms with Gasteiger partial charge in [-0.3, -0.25) is 0 Å². The van der Waals surface area contributed by atoms with Gasteiger partial charge in [-0.1, -0.05) is 127 Å². The summed E-state index contributed by atoms with van der Waals surface area (Å²) in [4.78, 5) is 0. The molecule has 2 heteroatoms. The molecule has 0 bridgehead atoms. The fraction of sp³-hybridized carbons (Fsp3) is 0.0488. The number of nitrogens with two attached hydrogens (primary N) is 1. The van der Waals surface area contributed by atoms with E-state index in [0.29, 0.717) is 5.71 Å². The minimum atomic E-state index is 0.426. The fourth-order valence-electron chi connectivity index (χ4n) is 6.15. The highest BCUT2D eigenvalue weighted by Crippen LogP contribution is 2.37. The molecule has 2 aliphatic rings. The standard InChI is InChI=1S/C41H32N2/c42-27-38-21-18-35(26-40(38)43)34-17-19-36(23-28-14-15-29-8-4-6-12-32(29)22-28)39(25-34)41(31-10-2-1-3-11-31)37-20-16-30-9-5-7-13-33(30)24-37/h1-10,12-22,24-27,43H,11,23,42H2/b38-27+,41-31-,43-40?. The van der Waals surface area contributed by atoms with Crippen LogP contribution in [0.25, 0.3) is 32.7 Å². The normalized spacial score (nSPS) is 16.7. The number of hydrogen-bond donors (Lipinski definition) is 2. The maximum absolute atomic E-state index is 8.49. The quantitative estimate of drug-likeness (QED) is 0.224. The number of allylic oxidation sites excluding steroid dienone is 10. The van der Waals surface area contributed by atoms with Crippen LogP contribution in [0.15, 0.2) is 163 Å². The van der Waals surface area contributed by atoms with Crippen molar-refractivity contribution in [3.05, 3.63) is 191 Å². The lowest BCUT2D eigenvalue weighted by molar-refractivity contribution is 1.17. The van der Waals surface area contributed by atoms with E-state index in [2.05, 4.69) is 134 Å². The van der Waals surface area contributed by atoms with Crippen LogP contribution in [0.1, 0.15) is 34.2 Å². The van der Waals surface area contributed by atoms with Gasteiger partial charge in [-0.25, -0.2) is 0 Å². The largest absolute Gasteiger partial charge is 0.404 e. The maximum Gasteiger partial charge on any atom is 0.0632 e. The minimum absolute atomic E-state index is 0.426.